The summed E-state index contributed by atoms with van der Waals surface area (Å²) >= 11 is 3.36. The number of fused-ring (bicyclic) bond motifs is 1. The summed E-state index contributed by atoms with van der Waals surface area (Å²) in [5.74, 6) is 1.12. The number of anilines is 1. The van der Waals surface area contributed by atoms with Crippen molar-refractivity contribution in [3.8, 4) is 5.75 Å². The molecular formula is C14H19BrN2O3. The SMILES string of the molecule is CC(C)(C)OC(=O)N1CCCCOc2cc(Br)cnc21. The van der Waals surface area contributed by atoms with Crippen LogP contribution in [0.3, 0.4) is 0 Å². The van der Waals surface area contributed by atoms with Crippen molar-refractivity contribution in [3.63, 3.8) is 0 Å². The number of pyridine rings is 1. The van der Waals surface area contributed by atoms with E-state index < -0.39 is 5.60 Å². The quantitative estimate of drug-likeness (QED) is 0.720. The molecule has 1 amide bonds. The Morgan fingerprint density at radius 1 is 1.45 bits per heavy atom. The topological polar surface area (TPSA) is 51.7 Å². The molecular weight excluding hydrogens is 324 g/mol. The van der Waals surface area contributed by atoms with Gasteiger partial charge in [-0.2, -0.15) is 0 Å². The molecule has 20 heavy (non-hydrogen) atoms. The van der Waals surface area contributed by atoms with Crippen LogP contribution in [-0.4, -0.2) is 29.8 Å². The lowest BCUT2D eigenvalue weighted by molar-refractivity contribution is 0.0575. The normalized spacial score (nSPS) is 15.7. The highest BCUT2D eigenvalue weighted by Gasteiger charge is 2.27. The largest absolute Gasteiger partial charge is 0.490 e. The second-order valence-corrected chi connectivity index (χ2v) is 6.58. The summed E-state index contributed by atoms with van der Waals surface area (Å²) in [6, 6.07) is 1.82. The van der Waals surface area contributed by atoms with Crippen molar-refractivity contribution in [2.75, 3.05) is 18.1 Å². The molecule has 0 radical (unpaired) electrons. The number of carbonyl (C=O) groups excluding carboxylic acids is 1. The molecule has 5 nitrogen and oxygen atoms in total. The van der Waals surface area contributed by atoms with Gasteiger partial charge in [-0.05, 0) is 55.6 Å². The molecule has 0 bridgehead atoms. The zero-order chi connectivity index (χ0) is 14.8. The molecule has 1 aromatic heterocycles. The molecule has 0 atom stereocenters. The summed E-state index contributed by atoms with van der Waals surface area (Å²) in [4.78, 5) is 18.2. The molecule has 0 spiro atoms. The highest BCUT2D eigenvalue weighted by atomic mass is 79.9. The first-order valence-electron chi connectivity index (χ1n) is 6.66. The first kappa shape index (κ1) is 15.1. The van der Waals surface area contributed by atoms with Crippen molar-refractivity contribution in [2.45, 2.75) is 39.2 Å². The number of hydrogen-bond acceptors (Lipinski definition) is 4. The fraction of sp³-hybridized carbons (Fsp3) is 0.571. The first-order valence-corrected chi connectivity index (χ1v) is 7.45. The van der Waals surface area contributed by atoms with Gasteiger partial charge in [0, 0.05) is 17.2 Å². The molecule has 0 unspecified atom stereocenters. The van der Waals surface area contributed by atoms with E-state index in [4.69, 9.17) is 9.47 Å². The minimum absolute atomic E-state index is 0.390. The molecule has 0 aromatic carbocycles. The van der Waals surface area contributed by atoms with E-state index in [-0.39, 0.29) is 6.09 Å². The molecule has 2 heterocycles. The van der Waals surface area contributed by atoms with Crippen molar-refractivity contribution < 1.29 is 14.3 Å². The molecule has 0 saturated heterocycles. The summed E-state index contributed by atoms with van der Waals surface area (Å²) in [6.45, 7) is 6.76. The lowest BCUT2D eigenvalue weighted by atomic mass is 10.2. The fourth-order valence-corrected chi connectivity index (χ4v) is 2.19. The number of rotatable bonds is 0. The summed E-state index contributed by atoms with van der Waals surface area (Å²) in [7, 11) is 0. The summed E-state index contributed by atoms with van der Waals surface area (Å²) < 4.78 is 11.9. The van der Waals surface area contributed by atoms with Crippen molar-refractivity contribution >= 4 is 27.8 Å². The monoisotopic (exact) mass is 342 g/mol. The average molecular weight is 343 g/mol. The number of halogens is 1. The molecule has 0 N–H and O–H groups in total. The van der Waals surface area contributed by atoms with Crippen LogP contribution in [0.25, 0.3) is 0 Å². The maximum Gasteiger partial charge on any atom is 0.416 e. The van der Waals surface area contributed by atoms with Gasteiger partial charge in [-0.3, -0.25) is 4.90 Å². The van der Waals surface area contributed by atoms with E-state index in [9.17, 15) is 4.79 Å². The average Bonchev–Trinajstić information content (AvgIpc) is 2.28. The van der Waals surface area contributed by atoms with E-state index in [1.807, 2.05) is 26.8 Å². The van der Waals surface area contributed by atoms with Crippen LogP contribution in [0.2, 0.25) is 0 Å². The minimum atomic E-state index is -0.532. The van der Waals surface area contributed by atoms with Gasteiger partial charge in [0.15, 0.2) is 11.6 Å². The van der Waals surface area contributed by atoms with Gasteiger partial charge in [-0.25, -0.2) is 9.78 Å². The number of nitrogens with zero attached hydrogens (tertiary/aromatic N) is 2. The Balaban J connectivity index is 2.31. The Labute approximate surface area is 127 Å². The number of carbonyl (C=O) groups is 1. The van der Waals surface area contributed by atoms with Crippen LogP contribution in [0.5, 0.6) is 5.75 Å². The molecule has 2 rings (SSSR count). The Morgan fingerprint density at radius 3 is 2.90 bits per heavy atom. The van der Waals surface area contributed by atoms with Crippen molar-refractivity contribution in [1.29, 1.82) is 0 Å². The zero-order valence-corrected chi connectivity index (χ0v) is 13.6. The van der Waals surface area contributed by atoms with Crippen molar-refractivity contribution in [3.05, 3.63) is 16.7 Å². The second kappa shape index (κ2) is 5.99. The molecule has 1 aromatic rings. The summed E-state index contributed by atoms with van der Waals surface area (Å²) in [6.07, 6.45) is 3.02. The molecule has 1 aliphatic rings. The van der Waals surface area contributed by atoms with E-state index in [1.165, 1.54) is 0 Å². The van der Waals surface area contributed by atoms with Crippen LogP contribution in [0.4, 0.5) is 10.6 Å². The van der Waals surface area contributed by atoms with E-state index in [0.717, 1.165) is 17.3 Å². The van der Waals surface area contributed by atoms with Crippen LogP contribution in [0, 0.1) is 0 Å². The van der Waals surface area contributed by atoms with Gasteiger partial charge in [0.1, 0.15) is 5.60 Å². The van der Waals surface area contributed by atoms with Crippen LogP contribution < -0.4 is 9.64 Å². The Morgan fingerprint density at radius 2 is 2.20 bits per heavy atom. The van der Waals surface area contributed by atoms with Crippen LogP contribution in [-0.2, 0) is 4.74 Å². The van der Waals surface area contributed by atoms with Gasteiger partial charge in [-0.1, -0.05) is 0 Å². The number of amides is 1. The third kappa shape index (κ3) is 3.85. The molecule has 0 saturated carbocycles. The Bertz CT molecular complexity index is 500. The Kier molecular flexibility index (Phi) is 4.52. The maximum atomic E-state index is 12.3. The molecule has 1 aliphatic heterocycles. The summed E-state index contributed by atoms with van der Waals surface area (Å²) in [5.41, 5.74) is -0.532. The van der Waals surface area contributed by atoms with E-state index in [2.05, 4.69) is 20.9 Å². The smallest absolute Gasteiger partial charge is 0.416 e. The maximum absolute atomic E-state index is 12.3. The van der Waals surface area contributed by atoms with Gasteiger partial charge >= 0.3 is 6.09 Å². The van der Waals surface area contributed by atoms with Crippen molar-refractivity contribution in [1.82, 2.24) is 4.98 Å². The molecule has 0 aliphatic carbocycles. The van der Waals surface area contributed by atoms with Gasteiger partial charge < -0.3 is 9.47 Å². The van der Waals surface area contributed by atoms with Crippen LogP contribution in [0.1, 0.15) is 33.6 Å². The fourth-order valence-electron chi connectivity index (χ4n) is 1.88. The number of ether oxygens (including phenoxy) is 2. The Hall–Kier alpha value is -1.30. The highest BCUT2D eigenvalue weighted by molar-refractivity contribution is 9.10. The van der Waals surface area contributed by atoms with Gasteiger partial charge in [0.05, 0.1) is 6.61 Å². The predicted octanol–water partition coefficient (Wildman–Crippen LogP) is 3.76. The third-order valence-corrected chi connectivity index (χ3v) is 3.14. The van der Waals surface area contributed by atoms with Gasteiger partial charge in [0.25, 0.3) is 0 Å². The predicted molar refractivity (Wildman–Crippen MR) is 80.2 cm³/mol. The van der Waals surface area contributed by atoms with E-state index >= 15 is 0 Å². The number of hydrogen-bond donors (Lipinski definition) is 0. The summed E-state index contributed by atoms with van der Waals surface area (Å²) in [5, 5.41) is 0. The zero-order valence-electron chi connectivity index (χ0n) is 12.0. The lowest BCUT2D eigenvalue weighted by Crippen LogP contribution is -2.39. The molecule has 6 heteroatoms. The van der Waals surface area contributed by atoms with Gasteiger partial charge in [-0.15, -0.1) is 0 Å². The third-order valence-electron chi connectivity index (χ3n) is 2.70. The van der Waals surface area contributed by atoms with Crippen molar-refractivity contribution in [2.24, 2.45) is 0 Å². The standard InChI is InChI=1S/C14H19BrN2O3/c1-14(2,3)20-13(18)17-6-4-5-7-19-11-8-10(15)9-16-12(11)17/h8-9H,4-7H2,1-3H3. The minimum Gasteiger partial charge on any atom is -0.490 e. The second-order valence-electron chi connectivity index (χ2n) is 5.66. The van der Waals surface area contributed by atoms with Crippen LogP contribution in [0.15, 0.2) is 16.7 Å². The van der Waals surface area contributed by atoms with E-state index in [1.54, 1.807) is 11.1 Å². The number of aromatic nitrogens is 1. The lowest BCUT2D eigenvalue weighted by Gasteiger charge is -2.29. The van der Waals surface area contributed by atoms with Gasteiger partial charge in [0.2, 0.25) is 0 Å². The van der Waals surface area contributed by atoms with E-state index in [0.29, 0.717) is 24.7 Å². The van der Waals surface area contributed by atoms with Crippen LogP contribution >= 0.6 is 15.9 Å². The first-order chi connectivity index (χ1) is 9.37. The highest BCUT2D eigenvalue weighted by Crippen LogP contribution is 2.31. The molecule has 0 fully saturated rings. The molecule has 110 valence electrons.